The van der Waals surface area contributed by atoms with Crippen molar-refractivity contribution in [2.75, 3.05) is 0 Å². The third-order valence-corrected chi connectivity index (χ3v) is 5.59. The van der Waals surface area contributed by atoms with Crippen LogP contribution in [-0.4, -0.2) is 10.7 Å². The zero-order valence-electron chi connectivity index (χ0n) is 14.6. The lowest BCUT2D eigenvalue weighted by molar-refractivity contribution is -0.0212. The van der Waals surface area contributed by atoms with Crippen molar-refractivity contribution >= 4 is 21.6 Å². The minimum absolute atomic E-state index is 0.0918. The summed E-state index contributed by atoms with van der Waals surface area (Å²) >= 11 is 3.51. The van der Waals surface area contributed by atoms with Gasteiger partial charge >= 0.3 is 0 Å². The van der Waals surface area contributed by atoms with E-state index in [1.807, 2.05) is 23.2 Å². The molecular formula is C22H15BrF2N2O. The van der Waals surface area contributed by atoms with E-state index >= 15 is 0 Å². The molecule has 6 heteroatoms. The summed E-state index contributed by atoms with van der Waals surface area (Å²) < 4.78 is 35.0. The predicted octanol–water partition coefficient (Wildman–Crippen LogP) is 5.97. The van der Waals surface area contributed by atoms with Crippen molar-refractivity contribution in [1.82, 2.24) is 5.01 Å². The minimum atomic E-state index is -0.669. The molecule has 2 aliphatic rings. The van der Waals surface area contributed by atoms with Crippen molar-refractivity contribution in [2.24, 2.45) is 5.10 Å². The molecule has 2 heterocycles. The highest BCUT2D eigenvalue weighted by atomic mass is 79.9. The first kappa shape index (κ1) is 17.4. The lowest BCUT2D eigenvalue weighted by atomic mass is 9.96. The molecule has 2 aliphatic heterocycles. The average molecular weight is 441 g/mol. The number of ether oxygens (including phenoxy) is 1. The molecule has 5 rings (SSSR count). The normalized spacial score (nSPS) is 20.2. The van der Waals surface area contributed by atoms with Gasteiger partial charge < -0.3 is 4.74 Å². The first-order chi connectivity index (χ1) is 13.6. The molecule has 2 atom stereocenters. The fourth-order valence-electron chi connectivity index (χ4n) is 3.76. The standard InChI is InChI=1S/C22H15BrF2N2O/c23-14-7-10-21-17(11-14)20-12-19(13-5-8-15(24)9-6-13)26-27(20)22(28-21)16-3-1-2-4-18(16)25/h1-11,20,22H,12H2/t20-,22+/m1/s1. The molecule has 0 unspecified atom stereocenters. The summed E-state index contributed by atoms with van der Waals surface area (Å²) in [5.74, 6) is 0.0902. The lowest BCUT2D eigenvalue weighted by Crippen LogP contribution is -2.34. The van der Waals surface area contributed by atoms with E-state index in [1.165, 1.54) is 18.2 Å². The van der Waals surface area contributed by atoms with Crippen LogP contribution in [0.25, 0.3) is 0 Å². The maximum absolute atomic E-state index is 14.5. The van der Waals surface area contributed by atoms with Crippen molar-refractivity contribution in [3.8, 4) is 5.75 Å². The van der Waals surface area contributed by atoms with Crippen molar-refractivity contribution in [3.05, 3.63) is 99.5 Å². The zero-order chi connectivity index (χ0) is 19.3. The number of benzene rings is 3. The fraction of sp³-hybridized carbons (Fsp3) is 0.136. The molecule has 0 aromatic heterocycles. The van der Waals surface area contributed by atoms with E-state index in [2.05, 4.69) is 15.9 Å². The summed E-state index contributed by atoms with van der Waals surface area (Å²) in [6.45, 7) is 0. The molecule has 0 saturated carbocycles. The SMILES string of the molecule is Fc1ccc(C2=NN3[C@H](C2)c2cc(Br)ccc2O[C@H]3c2ccccc2F)cc1. The van der Waals surface area contributed by atoms with Gasteiger partial charge in [0.15, 0.2) is 0 Å². The second-order valence-corrected chi connectivity index (χ2v) is 7.74. The molecule has 0 bridgehead atoms. The van der Waals surface area contributed by atoms with Gasteiger partial charge in [0.05, 0.1) is 17.3 Å². The van der Waals surface area contributed by atoms with Crippen LogP contribution in [0.4, 0.5) is 8.78 Å². The number of nitrogens with zero attached hydrogens (tertiary/aromatic N) is 2. The van der Waals surface area contributed by atoms with E-state index in [0.717, 1.165) is 21.3 Å². The van der Waals surface area contributed by atoms with Gasteiger partial charge in [0.25, 0.3) is 0 Å². The molecule has 0 radical (unpaired) electrons. The number of rotatable bonds is 2. The molecular weight excluding hydrogens is 426 g/mol. The molecule has 28 heavy (non-hydrogen) atoms. The van der Waals surface area contributed by atoms with Crippen LogP contribution in [0.2, 0.25) is 0 Å². The second kappa shape index (κ2) is 6.71. The van der Waals surface area contributed by atoms with Crippen LogP contribution in [0.15, 0.2) is 76.3 Å². The van der Waals surface area contributed by atoms with Crippen molar-refractivity contribution in [1.29, 1.82) is 0 Å². The Labute approximate surface area is 169 Å². The zero-order valence-corrected chi connectivity index (χ0v) is 16.2. The van der Waals surface area contributed by atoms with Crippen molar-refractivity contribution in [3.63, 3.8) is 0 Å². The summed E-state index contributed by atoms with van der Waals surface area (Å²) in [7, 11) is 0. The highest BCUT2D eigenvalue weighted by Crippen LogP contribution is 2.48. The molecule has 0 fully saturated rings. The summed E-state index contributed by atoms with van der Waals surface area (Å²) in [5, 5.41) is 6.57. The molecule has 3 aromatic rings. The van der Waals surface area contributed by atoms with E-state index in [4.69, 9.17) is 9.84 Å². The van der Waals surface area contributed by atoms with Crippen LogP contribution in [0, 0.1) is 11.6 Å². The van der Waals surface area contributed by atoms with E-state index < -0.39 is 6.23 Å². The first-order valence-electron chi connectivity index (χ1n) is 8.92. The Morgan fingerprint density at radius 2 is 1.75 bits per heavy atom. The number of hydrogen-bond acceptors (Lipinski definition) is 3. The van der Waals surface area contributed by atoms with E-state index in [9.17, 15) is 8.78 Å². The van der Waals surface area contributed by atoms with E-state index in [1.54, 1.807) is 30.3 Å². The monoisotopic (exact) mass is 440 g/mol. The molecule has 0 N–H and O–H groups in total. The Bertz CT molecular complexity index is 1080. The van der Waals surface area contributed by atoms with Gasteiger partial charge in [0.2, 0.25) is 6.23 Å². The molecule has 0 saturated heterocycles. The molecule has 140 valence electrons. The van der Waals surface area contributed by atoms with E-state index in [-0.39, 0.29) is 17.7 Å². The highest BCUT2D eigenvalue weighted by Gasteiger charge is 2.41. The van der Waals surface area contributed by atoms with Gasteiger partial charge in [-0.2, -0.15) is 5.10 Å². The number of fused-ring (bicyclic) bond motifs is 3. The first-order valence-corrected chi connectivity index (χ1v) is 9.72. The van der Waals surface area contributed by atoms with Crippen LogP contribution in [-0.2, 0) is 0 Å². The Balaban J connectivity index is 1.62. The van der Waals surface area contributed by atoms with Crippen LogP contribution in [0.5, 0.6) is 5.75 Å². The van der Waals surface area contributed by atoms with Gasteiger partial charge in [-0.1, -0.05) is 46.3 Å². The third-order valence-electron chi connectivity index (χ3n) is 5.10. The van der Waals surface area contributed by atoms with Gasteiger partial charge in [-0.15, -0.1) is 0 Å². The second-order valence-electron chi connectivity index (χ2n) is 6.83. The van der Waals surface area contributed by atoms with E-state index in [0.29, 0.717) is 17.7 Å². The van der Waals surface area contributed by atoms with Crippen LogP contribution in [0.1, 0.15) is 35.4 Å². The largest absolute Gasteiger partial charge is 0.464 e. The highest BCUT2D eigenvalue weighted by molar-refractivity contribution is 9.10. The van der Waals surface area contributed by atoms with Gasteiger partial charge in [-0.3, -0.25) is 0 Å². The Hall–Kier alpha value is -2.73. The van der Waals surface area contributed by atoms with Gasteiger partial charge in [0.1, 0.15) is 17.4 Å². The smallest absolute Gasteiger partial charge is 0.216 e. The minimum Gasteiger partial charge on any atom is -0.464 e. The molecule has 0 spiro atoms. The Morgan fingerprint density at radius 1 is 0.964 bits per heavy atom. The maximum Gasteiger partial charge on any atom is 0.216 e. The van der Waals surface area contributed by atoms with Gasteiger partial charge in [-0.25, -0.2) is 13.8 Å². The Morgan fingerprint density at radius 3 is 2.54 bits per heavy atom. The molecule has 0 amide bonds. The van der Waals surface area contributed by atoms with Gasteiger partial charge in [0, 0.05) is 16.5 Å². The summed E-state index contributed by atoms with van der Waals surface area (Å²) in [6.07, 6.45) is -0.0403. The lowest BCUT2D eigenvalue weighted by Gasteiger charge is -2.38. The summed E-state index contributed by atoms with van der Waals surface area (Å²) in [6, 6.07) is 18.6. The number of halogens is 3. The third kappa shape index (κ3) is 2.88. The quantitative estimate of drug-likeness (QED) is 0.490. The topological polar surface area (TPSA) is 24.8 Å². The summed E-state index contributed by atoms with van der Waals surface area (Å²) in [4.78, 5) is 0. The average Bonchev–Trinajstić information content (AvgIpc) is 3.14. The molecule has 3 nitrogen and oxygen atoms in total. The Kier molecular flexibility index (Phi) is 4.16. The summed E-state index contributed by atoms with van der Waals surface area (Å²) in [5.41, 5.74) is 3.09. The van der Waals surface area contributed by atoms with Crippen LogP contribution >= 0.6 is 15.9 Å². The maximum atomic E-state index is 14.5. The molecule has 3 aromatic carbocycles. The van der Waals surface area contributed by atoms with Crippen LogP contribution in [0.3, 0.4) is 0 Å². The molecule has 0 aliphatic carbocycles. The van der Waals surface area contributed by atoms with Crippen molar-refractivity contribution < 1.29 is 13.5 Å². The number of hydrazone groups is 1. The van der Waals surface area contributed by atoms with Gasteiger partial charge in [-0.05, 0) is 42.0 Å². The van der Waals surface area contributed by atoms with Crippen LogP contribution < -0.4 is 4.74 Å². The predicted molar refractivity (Wildman–Crippen MR) is 106 cm³/mol. The fourth-order valence-corrected chi connectivity index (χ4v) is 4.13. The van der Waals surface area contributed by atoms with Crippen molar-refractivity contribution in [2.45, 2.75) is 18.7 Å². The number of hydrogen-bond donors (Lipinski definition) is 0.